The van der Waals surface area contributed by atoms with E-state index in [0.29, 0.717) is 37.3 Å². The highest BCUT2D eigenvalue weighted by molar-refractivity contribution is 6.37. The summed E-state index contributed by atoms with van der Waals surface area (Å²) in [5, 5.41) is 2.98. The monoisotopic (exact) mass is 365 g/mol. The van der Waals surface area contributed by atoms with Crippen molar-refractivity contribution >= 4 is 51.5 Å². The van der Waals surface area contributed by atoms with E-state index in [1.807, 2.05) is 0 Å². The Balaban J connectivity index is 2.31. The highest BCUT2D eigenvalue weighted by Gasteiger charge is 2.14. The van der Waals surface area contributed by atoms with Crippen LogP contribution in [0.5, 0.6) is 0 Å². The SMILES string of the molecule is COC(=O)c1ccc2c(Cl)cnc(-c3ccc(Cl)cc3Cl)c2c1. The maximum atomic E-state index is 11.8. The molecule has 3 aromatic rings. The van der Waals surface area contributed by atoms with Crippen molar-refractivity contribution < 1.29 is 9.53 Å². The third kappa shape index (κ3) is 3.00. The molecule has 0 aliphatic heterocycles. The number of nitrogens with zero attached hydrogens (tertiary/aromatic N) is 1. The Hall–Kier alpha value is -1.81. The fourth-order valence-electron chi connectivity index (χ4n) is 2.35. The van der Waals surface area contributed by atoms with Crippen LogP contribution in [0.2, 0.25) is 15.1 Å². The maximum Gasteiger partial charge on any atom is 0.337 e. The number of ether oxygens (including phenoxy) is 1. The first-order valence-corrected chi connectivity index (χ1v) is 7.76. The standard InChI is InChI=1S/C17H10Cl3NO2/c1-23-17(22)9-2-4-11-13(6-9)16(21-8-15(11)20)12-5-3-10(18)7-14(12)19/h2-8H,1H3. The molecule has 0 aliphatic carbocycles. The number of benzene rings is 2. The molecule has 0 radical (unpaired) electrons. The molecule has 0 fully saturated rings. The van der Waals surface area contributed by atoms with Crippen LogP contribution >= 0.6 is 34.8 Å². The van der Waals surface area contributed by atoms with Gasteiger partial charge >= 0.3 is 5.97 Å². The number of hydrogen-bond acceptors (Lipinski definition) is 3. The van der Waals surface area contributed by atoms with Crippen molar-refractivity contribution in [3.05, 3.63) is 63.2 Å². The van der Waals surface area contributed by atoms with Crippen LogP contribution in [0.1, 0.15) is 10.4 Å². The maximum absolute atomic E-state index is 11.8. The Morgan fingerprint density at radius 3 is 2.48 bits per heavy atom. The van der Waals surface area contributed by atoms with Crippen molar-refractivity contribution in [1.29, 1.82) is 0 Å². The normalized spacial score (nSPS) is 10.8. The van der Waals surface area contributed by atoms with Gasteiger partial charge in [-0.25, -0.2) is 4.79 Å². The van der Waals surface area contributed by atoms with Crippen LogP contribution in [0, 0.1) is 0 Å². The number of esters is 1. The molecule has 0 N–H and O–H groups in total. The van der Waals surface area contributed by atoms with Gasteiger partial charge in [0.2, 0.25) is 0 Å². The fraction of sp³-hybridized carbons (Fsp3) is 0.0588. The Morgan fingerprint density at radius 1 is 1.00 bits per heavy atom. The Morgan fingerprint density at radius 2 is 1.78 bits per heavy atom. The average Bonchev–Trinajstić information content (AvgIpc) is 2.55. The minimum Gasteiger partial charge on any atom is -0.465 e. The lowest BCUT2D eigenvalue weighted by Gasteiger charge is -2.10. The van der Waals surface area contributed by atoms with Crippen molar-refractivity contribution in [2.24, 2.45) is 0 Å². The molecule has 6 heteroatoms. The van der Waals surface area contributed by atoms with E-state index in [0.717, 1.165) is 5.39 Å². The third-order valence-electron chi connectivity index (χ3n) is 3.45. The number of methoxy groups -OCH3 is 1. The lowest BCUT2D eigenvalue weighted by atomic mass is 10.0. The van der Waals surface area contributed by atoms with Gasteiger partial charge in [0.1, 0.15) is 0 Å². The minimum atomic E-state index is -0.431. The van der Waals surface area contributed by atoms with Crippen molar-refractivity contribution in [3.8, 4) is 11.3 Å². The van der Waals surface area contributed by atoms with Gasteiger partial charge in [-0.3, -0.25) is 4.98 Å². The molecule has 1 aromatic heterocycles. The zero-order valence-electron chi connectivity index (χ0n) is 11.9. The average molecular weight is 367 g/mol. The Kier molecular flexibility index (Phi) is 4.44. The van der Waals surface area contributed by atoms with Crippen LogP contribution in [-0.2, 0) is 4.74 Å². The molecular weight excluding hydrogens is 357 g/mol. The largest absolute Gasteiger partial charge is 0.465 e. The number of aromatic nitrogens is 1. The van der Waals surface area contributed by atoms with Crippen LogP contribution in [0.25, 0.3) is 22.0 Å². The quantitative estimate of drug-likeness (QED) is 0.550. The van der Waals surface area contributed by atoms with Gasteiger partial charge in [0.25, 0.3) is 0 Å². The number of hydrogen-bond donors (Lipinski definition) is 0. The second kappa shape index (κ2) is 6.36. The molecule has 0 amide bonds. The van der Waals surface area contributed by atoms with E-state index in [2.05, 4.69) is 4.98 Å². The lowest BCUT2D eigenvalue weighted by molar-refractivity contribution is 0.0601. The third-order valence-corrected chi connectivity index (χ3v) is 4.30. The van der Waals surface area contributed by atoms with Gasteiger partial charge in [0.05, 0.1) is 28.4 Å². The number of halogens is 3. The smallest absolute Gasteiger partial charge is 0.337 e. The summed E-state index contributed by atoms with van der Waals surface area (Å²) in [5.74, 6) is -0.431. The summed E-state index contributed by atoms with van der Waals surface area (Å²) in [6.45, 7) is 0. The number of rotatable bonds is 2. The second-order valence-corrected chi connectivity index (χ2v) is 6.08. The first-order valence-electron chi connectivity index (χ1n) is 6.63. The van der Waals surface area contributed by atoms with Crippen LogP contribution in [0.4, 0.5) is 0 Å². The summed E-state index contributed by atoms with van der Waals surface area (Å²) in [7, 11) is 1.33. The molecule has 0 aliphatic rings. The Bertz CT molecular complexity index is 925. The molecule has 1 heterocycles. The van der Waals surface area contributed by atoms with Gasteiger partial charge in [-0.15, -0.1) is 0 Å². The molecule has 0 atom stereocenters. The van der Waals surface area contributed by atoms with Gasteiger partial charge in [0, 0.05) is 27.6 Å². The Labute approximate surface area is 147 Å². The number of pyridine rings is 1. The van der Waals surface area contributed by atoms with Gasteiger partial charge in [-0.05, 0) is 30.3 Å². The number of carbonyl (C=O) groups excluding carboxylic acids is 1. The summed E-state index contributed by atoms with van der Waals surface area (Å²) < 4.78 is 4.76. The van der Waals surface area contributed by atoms with Crippen molar-refractivity contribution in [2.45, 2.75) is 0 Å². The zero-order valence-corrected chi connectivity index (χ0v) is 14.2. The van der Waals surface area contributed by atoms with E-state index < -0.39 is 5.97 Å². The number of fused-ring (bicyclic) bond motifs is 1. The topological polar surface area (TPSA) is 39.2 Å². The van der Waals surface area contributed by atoms with Crippen molar-refractivity contribution in [2.75, 3.05) is 7.11 Å². The second-order valence-electron chi connectivity index (χ2n) is 4.83. The van der Waals surface area contributed by atoms with Crippen LogP contribution in [0.3, 0.4) is 0 Å². The van der Waals surface area contributed by atoms with Gasteiger partial charge < -0.3 is 4.74 Å². The molecule has 23 heavy (non-hydrogen) atoms. The summed E-state index contributed by atoms with van der Waals surface area (Å²) >= 11 is 18.4. The van der Waals surface area contributed by atoms with Crippen LogP contribution < -0.4 is 0 Å². The van der Waals surface area contributed by atoms with Gasteiger partial charge in [0.15, 0.2) is 0 Å². The number of carbonyl (C=O) groups is 1. The predicted molar refractivity (Wildman–Crippen MR) is 93.5 cm³/mol. The molecule has 3 rings (SSSR count). The molecule has 0 spiro atoms. The van der Waals surface area contributed by atoms with Crippen LogP contribution in [-0.4, -0.2) is 18.1 Å². The predicted octanol–water partition coefficient (Wildman–Crippen LogP) is 5.65. The summed E-state index contributed by atoms with van der Waals surface area (Å²) in [4.78, 5) is 16.2. The lowest BCUT2D eigenvalue weighted by Crippen LogP contribution is -2.01. The van der Waals surface area contributed by atoms with E-state index in [9.17, 15) is 4.79 Å². The summed E-state index contributed by atoms with van der Waals surface area (Å²) in [5.41, 5.74) is 1.74. The molecular formula is C17H10Cl3NO2. The highest BCUT2D eigenvalue weighted by Crippen LogP contribution is 2.36. The van der Waals surface area contributed by atoms with E-state index in [1.54, 1.807) is 42.6 Å². The van der Waals surface area contributed by atoms with E-state index in [-0.39, 0.29) is 0 Å². The van der Waals surface area contributed by atoms with Crippen molar-refractivity contribution in [3.63, 3.8) is 0 Å². The molecule has 0 saturated heterocycles. The molecule has 0 unspecified atom stereocenters. The van der Waals surface area contributed by atoms with E-state index in [4.69, 9.17) is 39.5 Å². The summed E-state index contributed by atoms with van der Waals surface area (Å²) in [6.07, 6.45) is 1.56. The molecule has 0 saturated carbocycles. The van der Waals surface area contributed by atoms with Gasteiger partial charge in [-0.1, -0.05) is 40.9 Å². The van der Waals surface area contributed by atoms with E-state index >= 15 is 0 Å². The minimum absolute atomic E-state index is 0.412. The fourth-order valence-corrected chi connectivity index (χ4v) is 3.06. The first-order chi connectivity index (χ1) is 11.0. The van der Waals surface area contributed by atoms with E-state index in [1.165, 1.54) is 7.11 Å². The van der Waals surface area contributed by atoms with Crippen LogP contribution in [0.15, 0.2) is 42.6 Å². The molecule has 116 valence electrons. The highest BCUT2D eigenvalue weighted by atomic mass is 35.5. The molecule has 3 nitrogen and oxygen atoms in total. The van der Waals surface area contributed by atoms with Gasteiger partial charge in [-0.2, -0.15) is 0 Å². The molecule has 2 aromatic carbocycles. The summed E-state index contributed by atoms with van der Waals surface area (Å²) in [6, 6.07) is 10.3. The molecule has 0 bridgehead atoms. The van der Waals surface area contributed by atoms with Crippen molar-refractivity contribution in [1.82, 2.24) is 4.98 Å². The first kappa shape index (κ1) is 16.1. The zero-order chi connectivity index (χ0) is 16.6.